The van der Waals surface area contributed by atoms with Crippen molar-refractivity contribution in [2.45, 2.75) is 45.1 Å². The molecule has 0 fully saturated rings. The largest absolute Gasteiger partial charge is 0.315 e. The van der Waals surface area contributed by atoms with Crippen LogP contribution < -0.4 is 5.32 Å². The zero-order chi connectivity index (χ0) is 12.4. The Kier molecular flexibility index (Phi) is 4.41. The van der Waals surface area contributed by atoms with Crippen molar-refractivity contribution in [2.24, 2.45) is 0 Å². The minimum atomic E-state index is 0.173. The highest BCUT2D eigenvalue weighted by Crippen LogP contribution is 2.32. The van der Waals surface area contributed by atoms with Gasteiger partial charge in [-0.25, -0.2) is 0 Å². The molecule has 1 aromatic carbocycles. The van der Waals surface area contributed by atoms with E-state index >= 15 is 0 Å². The van der Waals surface area contributed by atoms with Crippen LogP contribution in [0.5, 0.6) is 0 Å². The van der Waals surface area contributed by atoms with Crippen LogP contribution in [0.25, 0.3) is 0 Å². The molecule has 1 N–H and O–H groups in total. The maximum atomic E-state index is 3.38. The average molecular weight is 331 g/mol. The summed E-state index contributed by atoms with van der Waals surface area (Å²) in [7, 11) is 2.03. The van der Waals surface area contributed by atoms with Crippen LogP contribution in [0.2, 0.25) is 0 Å². The second-order valence-corrected chi connectivity index (χ2v) is 6.95. The van der Waals surface area contributed by atoms with Gasteiger partial charge in [-0.05, 0) is 73.0 Å². The number of benzene rings is 1. The van der Waals surface area contributed by atoms with Gasteiger partial charge in [0, 0.05) is 9.11 Å². The van der Waals surface area contributed by atoms with E-state index in [4.69, 9.17) is 0 Å². The summed E-state index contributed by atoms with van der Waals surface area (Å²) in [6, 6.07) is 8.86. The molecule has 0 spiro atoms. The standard InChI is InChI=1S/C14H22IN/c1-13(2,10-14(3,4)16-5)11-6-8-12(15)9-7-11/h6-9,16H,10H2,1-5H3. The second-order valence-electron chi connectivity index (χ2n) is 5.70. The molecule has 0 aliphatic carbocycles. The molecule has 0 aliphatic heterocycles. The summed E-state index contributed by atoms with van der Waals surface area (Å²) in [5.74, 6) is 0. The molecule has 0 atom stereocenters. The van der Waals surface area contributed by atoms with Gasteiger partial charge in [0.25, 0.3) is 0 Å². The van der Waals surface area contributed by atoms with Crippen molar-refractivity contribution in [1.29, 1.82) is 0 Å². The maximum absolute atomic E-state index is 3.38. The van der Waals surface area contributed by atoms with Crippen molar-refractivity contribution >= 4 is 22.6 Å². The summed E-state index contributed by atoms with van der Waals surface area (Å²) in [5, 5.41) is 3.38. The fraction of sp³-hybridized carbons (Fsp3) is 0.571. The third-order valence-electron chi connectivity index (χ3n) is 3.19. The smallest absolute Gasteiger partial charge is 0.0130 e. The van der Waals surface area contributed by atoms with E-state index in [0.717, 1.165) is 6.42 Å². The summed E-state index contributed by atoms with van der Waals surface area (Å²) in [4.78, 5) is 0. The van der Waals surface area contributed by atoms with Crippen LogP contribution in [-0.4, -0.2) is 12.6 Å². The second kappa shape index (κ2) is 5.05. The molecule has 90 valence electrons. The Morgan fingerprint density at radius 3 is 2.00 bits per heavy atom. The highest BCUT2D eigenvalue weighted by Gasteiger charge is 2.28. The summed E-state index contributed by atoms with van der Waals surface area (Å²) >= 11 is 2.35. The quantitative estimate of drug-likeness (QED) is 0.824. The lowest BCUT2D eigenvalue weighted by atomic mass is 9.75. The Morgan fingerprint density at radius 1 is 1.06 bits per heavy atom. The van der Waals surface area contributed by atoms with Gasteiger partial charge in [-0.15, -0.1) is 0 Å². The summed E-state index contributed by atoms with van der Waals surface area (Å²) in [5.41, 5.74) is 1.79. The zero-order valence-corrected chi connectivity index (χ0v) is 13.1. The topological polar surface area (TPSA) is 12.0 Å². The molecule has 0 saturated carbocycles. The van der Waals surface area contributed by atoms with Crippen LogP contribution in [0, 0.1) is 3.57 Å². The highest BCUT2D eigenvalue weighted by molar-refractivity contribution is 14.1. The van der Waals surface area contributed by atoms with Crippen LogP contribution in [-0.2, 0) is 5.41 Å². The van der Waals surface area contributed by atoms with Gasteiger partial charge in [0.2, 0.25) is 0 Å². The molecule has 0 unspecified atom stereocenters. The molecule has 0 aliphatic rings. The fourth-order valence-electron chi connectivity index (χ4n) is 2.20. The maximum Gasteiger partial charge on any atom is 0.0130 e. The average Bonchev–Trinajstić information content (AvgIpc) is 2.17. The molecule has 0 heterocycles. The van der Waals surface area contributed by atoms with Gasteiger partial charge in [-0.2, -0.15) is 0 Å². The molecular formula is C14H22IN. The number of hydrogen-bond acceptors (Lipinski definition) is 1. The van der Waals surface area contributed by atoms with Gasteiger partial charge in [-0.1, -0.05) is 26.0 Å². The van der Waals surface area contributed by atoms with E-state index < -0.39 is 0 Å². The molecule has 1 nitrogen and oxygen atoms in total. The van der Waals surface area contributed by atoms with E-state index in [1.54, 1.807) is 0 Å². The molecule has 0 amide bonds. The third-order valence-corrected chi connectivity index (χ3v) is 3.91. The van der Waals surface area contributed by atoms with Crippen molar-refractivity contribution in [2.75, 3.05) is 7.05 Å². The Hall–Kier alpha value is -0.0900. The zero-order valence-electron chi connectivity index (χ0n) is 10.9. The fourth-order valence-corrected chi connectivity index (χ4v) is 2.56. The van der Waals surface area contributed by atoms with E-state index in [-0.39, 0.29) is 11.0 Å². The van der Waals surface area contributed by atoms with Crippen molar-refractivity contribution in [3.63, 3.8) is 0 Å². The van der Waals surface area contributed by atoms with Gasteiger partial charge < -0.3 is 5.32 Å². The summed E-state index contributed by atoms with van der Waals surface area (Å²) < 4.78 is 1.30. The summed E-state index contributed by atoms with van der Waals surface area (Å²) in [6.45, 7) is 9.13. The first-order chi connectivity index (χ1) is 7.27. The third kappa shape index (κ3) is 3.74. The predicted octanol–water partition coefficient (Wildman–Crippen LogP) is 3.96. The predicted molar refractivity (Wildman–Crippen MR) is 79.9 cm³/mol. The lowest BCUT2D eigenvalue weighted by Gasteiger charge is -2.35. The van der Waals surface area contributed by atoms with E-state index in [1.807, 2.05) is 7.05 Å². The Bertz CT molecular complexity index is 338. The minimum absolute atomic E-state index is 0.173. The van der Waals surface area contributed by atoms with Crippen LogP contribution in [0.15, 0.2) is 24.3 Å². The number of rotatable bonds is 4. The normalized spacial score (nSPS) is 12.9. The van der Waals surface area contributed by atoms with Gasteiger partial charge >= 0.3 is 0 Å². The molecule has 0 bridgehead atoms. The first-order valence-corrected chi connectivity index (χ1v) is 6.80. The van der Waals surface area contributed by atoms with Crippen LogP contribution >= 0.6 is 22.6 Å². The van der Waals surface area contributed by atoms with E-state index in [2.05, 4.69) is 79.9 Å². The number of hydrogen-bond donors (Lipinski definition) is 1. The van der Waals surface area contributed by atoms with Gasteiger partial charge in [0.15, 0.2) is 0 Å². The molecule has 0 radical (unpaired) electrons. The lowest BCUT2D eigenvalue weighted by Crippen LogP contribution is -2.41. The molecular weight excluding hydrogens is 309 g/mol. The van der Waals surface area contributed by atoms with E-state index in [9.17, 15) is 0 Å². The van der Waals surface area contributed by atoms with E-state index in [1.165, 1.54) is 9.13 Å². The van der Waals surface area contributed by atoms with E-state index in [0.29, 0.717) is 0 Å². The monoisotopic (exact) mass is 331 g/mol. The minimum Gasteiger partial charge on any atom is -0.315 e. The number of halogens is 1. The molecule has 1 aromatic rings. The first-order valence-electron chi connectivity index (χ1n) is 5.72. The van der Waals surface area contributed by atoms with Crippen LogP contribution in [0.1, 0.15) is 39.7 Å². The van der Waals surface area contributed by atoms with Crippen molar-refractivity contribution in [1.82, 2.24) is 5.32 Å². The van der Waals surface area contributed by atoms with Gasteiger partial charge in [0.1, 0.15) is 0 Å². The lowest BCUT2D eigenvalue weighted by molar-refractivity contribution is 0.305. The SMILES string of the molecule is CNC(C)(C)CC(C)(C)c1ccc(I)cc1. The van der Waals surface area contributed by atoms with Crippen molar-refractivity contribution < 1.29 is 0 Å². The van der Waals surface area contributed by atoms with Crippen molar-refractivity contribution in [3.05, 3.63) is 33.4 Å². The molecule has 2 heteroatoms. The van der Waals surface area contributed by atoms with Crippen molar-refractivity contribution in [3.8, 4) is 0 Å². The van der Waals surface area contributed by atoms with Gasteiger partial charge in [-0.3, -0.25) is 0 Å². The van der Waals surface area contributed by atoms with Crippen LogP contribution in [0.3, 0.4) is 0 Å². The Balaban J connectivity index is 2.89. The molecule has 1 rings (SSSR count). The van der Waals surface area contributed by atoms with Crippen LogP contribution in [0.4, 0.5) is 0 Å². The first kappa shape index (κ1) is 14.0. The number of nitrogens with one attached hydrogen (secondary N) is 1. The molecule has 0 aromatic heterocycles. The molecule has 0 saturated heterocycles. The van der Waals surface area contributed by atoms with Gasteiger partial charge in [0.05, 0.1) is 0 Å². The highest BCUT2D eigenvalue weighted by atomic mass is 127. The summed E-state index contributed by atoms with van der Waals surface area (Å²) in [6.07, 6.45) is 1.12. The Labute approximate surface area is 113 Å². The molecule has 16 heavy (non-hydrogen) atoms. The Morgan fingerprint density at radius 2 is 1.56 bits per heavy atom.